The first kappa shape index (κ1) is 14.9. The SMILES string of the molecule is O=C1CN(C2CCN(c3ncc(Br)cn3)CC2)C(=O)N1C1CC1. The first-order valence-electron chi connectivity index (χ1n) is 7.98. The van der Waals surface area contributed by atoms with Crippen LogP contribution in [0, 0.1) is 0 Å². The van der Waals surface area contributed by atoms with Crippen LogP contribution in [0.25, 0.3) is 0 Å². The van der Waals surface area contributed by atoms with E-state index in [-0.39, 0.29) is 30.6 Å². The highest BCUT2D eigenvalue weighted by Gasteiger charge is 2.47. The van der Waals surface area contributed by atoms with E-state index in [2.05, 4.69) is 30.8 Å². The Bertz CT molecular complexity index is 625. The van der Waals surface area contributed by atoms with Crippen molar-refractivity contribution in [2.45, 2.75) is 37.8 Å². The zero-order valence-corrected chi connectivity index (χ0v) is 14.3. The molecule has 2 saturated heterocycles. The quantitative estimate of drug-likeness (QED) is 0.746. The van der Waals surface area contributed by atoms with E-state index >= 15 is 0 Å². The molecule has 0 bridgehead atoms. The number of amides is 3. The number of anilines is 1. The lowest BCUT2D eigenvalue weighted by molar-refractivity contribution is -0.125. The number of aromatic nitrogens is 2. The fraction of sp³-hybridized carbons (Fsp3) is 0.600. The van der Waals surface area contributed by atoms with Crippen molar-refractivity contribution in [3.05, 3.63) is 16.9 Å². The van der Waals surface area contributed by atoms with E-state index in [1.54, 1.807) is 17.3 Å². The Kier molecular flexibility index (Phi) is 3.71. The molecule has 122 valence electrons. The topological polar surface area (TPSA) is 69.6 Å². The van der Waals surface area contributed by atoms with E-state index in [9.17, 15) is 9.59 Å². The predicted molar refractivity (Wildman–Crippen MR) is 86.9 cm³/mol. The Morgan fingerprint density at radius 2 is 1.65 bits per heavy atom. The fourth-order valence-electron chi connectivity index (χ4n) is 3.36. The normalized spacial score (nSPS) is 23.1. The molecule has 3 aliphatic rings. The Labute approximate surface area is 142 Å². The van der Waals surface area contributed by atoms with Crippen molar-refractivity contribution in [3.8, 4) is 0 Å². The van der Waals surface area contributed by atoms with Crippen molar-refractivity contribution in [3.63, 3.8) is 0 Å². The van der Waals surface area contributed by atoms with Crippen LogP contribution in [0.5, 0.6) is 0 Å². The Morgan fingerprint density at radius 3 is 2.26 bits per heavy atom. The van der Waals surface area contributed by atoms with Crippen molar-refractivity contribution in [2.75, 3.05) is 24.5 Å². The number of hydrogen-bond donors (Lipinski definition) is 0. The number of carbonyl (C=O) groups is 2. The summed E-state index contributed by atoms with van der Waals surface area (Å²) in [6.07, 6.45) is 7.10. The van der Waals surface area contributed by atoms with E-state index in [1.807, 2.05) is 0 Å². The number of nitrogens with zero attached hydrogens (tertiary/aromatic N) is 5. The summed E-state index contributed by atoms with van der Waals surface area (Å²) in [5, 5.41) is 0. The van der Waals surface area contributed by atoms with Crippen LogP contribution in [0.3, 0.4) is 0 Å². The summed E-state index contributed by atoms with van der Waals surface area (Å²) in [5.41, 5.74) is 0. The van der Waals surface area contributed by atoms with Gasteiger partial charge in [0.25, 0.3) is 5.91 Å². The van der Waals surface area contributed by atoms with Gasteiger partial charge in [-0.15, -0.1) is 0 Å². The highest BCUT2D eigenvalue weighted by Crippen LogP contribution is 2.32. The van der Waals surface area contributed by atoms with E-state index in [1.165, 1.54) is 4.90 Å². The Hall–Kier alpha value is -1.70. The molecule has 3 heterocycles. The van der Waals surface area contributed by atoms with E-state index in [4.69, 9.17) is 0 Å². The molecule has 1 aromatic heterocycles. The standard InChI is InChI=1S/C15H18BrN5O2/c16-10-7-17-14(18-8-10)19-5-3-11(4-6-19)20-9-13(22)21(15(20)23)12-1-2-12/h7-8,11-12H,1-6,9H2. The molecule has 0 radical (unpaired) electrons. The second kappa shape index (κ2) is 5.74. The summed E-state index contributed by atoms with van der Waals surface area (Å²) >= 11 is 3.33. The minimum atomic E-state index is -0.0872. The second-order valence-electron chi connectivity index (χ2n) is 6.32. The molecule has 0 unspecified atom stereocenters. The fourth-order valence-corrected chi connectivity index (χ4v) is 3.56. The van der Waals surface area contributed by atoms with Gasteiger partial charge in [-0.2, -0.15) is 0 Å². The summed E-state index contributed by atoms with van der Waals surface area (Å²) in [6, 6.07) is 0.217. The van der Waals surface area contributed by atoms with Gasteiger partial charge in [-0.05, 0) is 41.6 Å². The van der Waals surface area contributed by atoms with E-state index in [0.717, 1.165) is 49.2 Å². The summed E-state index contributed by atoms with van der Waals surface area (Å²) in [5.74, 6) is 0.686. The molecule has 8 heteroatoms. The van der Waals surface area contributed by atoms with E-state index in [0.29, 0.717) is 0 Å². The number of rotatable bonds is 3. The third-order valence-electron chi connectivity index (χ3n) is 4.73. The van der Waals surface area contributed by atoms with Gasteiger partial charge in [0.15, 0.2) is 0 Å². The van der Waals surface area contributed by atoms with Gasteiger partial charge in [-0.25, -0.2) is 14.8 Å². The largest absolute Gasteiger partial charge is 0.341 e. The van der Waals surface area contributed by atoms with Gasteiger partial charge >= 0.3 is 6.03 Å². The highest BCUT2D eigenvalue weighted by atomic mass is 79.9. The van der Waals surface area contributed by atoms with Crippen LogP contribution in [0.4, 0.5) is 10.7 Å². The van der Waals surface area contributed by atoms with Crippen LogP contribution in [-0.4, -0.2) is 63.4 Å². The predicted octanol–water partition coefficient (Wildman–Crippen LogP) is 1.63. The minimum Gasteiger partial charge on any atom is -0.341 e. The minimum absolute atomic E-state index is 0.0313. The third-order valence-corrected chi connectivity index (χ3v) is 5.14. The molecule has 1 aromatic rings. The lowest BCUT2D eigenvalue weighted by atomic mass is 10.0. The third kappa shape index (κ3) is 2.80. The lowest BCUT2D eigenvalue weighted by Gasteiger charge is -2.36. The van der Waals surface area contributed by atoms with Gasteiger partial charge in [-0.3, -0.25) is 9.69 Å². The highest BCUT2D eigenvalue weighted by molar-refractivity contribution is 9.10. The zero-order chi connectivity index (χ0) is 16.0. The molecule has 3 fully saturated rings. The van der Waals surface area contributed by atoms with E-state index < -0.39 is 0 Å². The van der Waals surface area contributed by atoms with Gasteiger partial charge in [0.2, 0.25) is 5.95 Å². The van der Waals surface area contributed by atoms with Crippen LogP contribution in [0.1, 0.15) is 25.7 Å². The number of urea groups is 1. The van der Waals surface area contributed by atoms with Crippen molar-refractivity contribution < 1.29 is 9.59 Å². The molecule has 3 amide bonds. The monoisotopic (exact) mass is 379 g/mol. The average Bonchev–Trinajstić information content (AvgIpc) is 3.34. The van der Waals surface area contributed by atoms with Crippen LogP contribution in [0.15, 0.2) is 16.9 Å². The van der Waals surface area contributed by atoms with Crippen molar-refractivity contribution in [1.29, 1.82) is 0 Å². The zero-order valence-electron chi connectivity index (χ0n) is 12.7. The molecule has 23 heavy (non-hydrogen) atoms. The van der Waals surface area contributed by atoms with Crippen molar-refractivity contribution in [2.24, 2.45) is 0 Å². The summed E-state index contributed by atoms with van der Waals surface area (Å²) in [6.45, 7) is 1.84. The van der Waals surface area contributed by atoms with Crippen LogP contribution in [0.2, 0.25) is 0 Å². The molecule has 1 aliphatic carbocycles. The van der Waals surface area contributed by atoms with Gasteiger partial charge in [0.05, 0.1) is 4.47 Å². The summed E-state index contributed by atoms with van der Waals surface area (Å²) in [4.78, 5) is 38.5. The molecule has 0 atom stereocenters. The number of hydrogen-bond acceptors (Lipinski definition) is 5. The van der Waals surface area contributed by atoms with Crippen LogP contribution in [-0.2, 0) is 4.79 Å². The molecule has 1 saturated carbocycles. The first-order valence-corrected chi connectivity index (χ1v) is 8.78. The number of carbonyl (C=O) groups excluding carboxylic acids is 2. The molecule has 0 aromatic carbocycles. The van der Waals surface area contributed by atoms with Gasteiger partial charge in [0.1, 0.15) is 6.54 Å². The number of halogens is 1. The first-order chi connectivity index (χ1) is 11.1. The molecular formula is C15H18BrN5O2. The maximum atomic E-state index is 12.5. The molecule has 7 nitrogen and oxygen atoms in total. The number of imide groups is 1. The van der Waals surface area contributed by atoms with Gasteiger partial charge < -0.3 is 9.80 Å². The molecule has 4 rings (SSSR count). The molecule has 2 aliphatic heterocycles. The number of piperidine rings is 1. The summed E-state index contributed by atoms with van der Waals surface area (Å²) in [7, 11) is 0. The maximum absolute atomic E-state index is 12.5. The summed E-state index contributed by atoms with van der Waals surface area (Å²) < 4.78 is 0.859. The average molecular weight is 380 g/mol. The smallest absolute Gasteiger partial charge is 0.327 e. The molecule has 0 spiro atoms. The van der Waals surface area contributed by atoms with Crippen molar-refractivity contribution in [1.82, 2.24) is 19.8 Å². The lowest BCUT2D eigenvalue weighted by Crippen LogP contribution is -2.47. The Balaban J connectivity index is 1.39. The van der Waals surface area contributed by atoms with Gasteiger partial charge in [0, 0.05) is 37.6 Å². The second-order valence-corrected chi connectivity index (χ2v) is 7.24. The van der Waals surface area contributed by atoms with Gasteiger partial charge in [-0.1, -0.05) is 0 Å². The van der Waals surface area contributed by atoms with Crippen LogP contribution >= 0.6 is 15.9 Å². The molecule has 0 N–H and O–H groups in total. The van der Waals surface area contributed by atoms with Crippen molar-refractivity contribution >= 4 is 33.8 Å². The molecular weight excluding hydrogens is 362 g/mol. The van der Waals surface area contributed by atoms with Crippen LogP contribution < -0.4 is 4.90 Å². The maximum Gasteiger partial charge on any atom is 0.327 e. The Morgan fingerprint density at radius 1 is 1.00 bits per heavy atom.